The van der Waals surface area contributed by atoms with E-state index in [1.54, 1.807) is 30.3 Å². The number of fused-ring (bicyclic) bond motifs is 1. The van der Waals surface area contributed by atoms with E-state index in [0.29, 0.717) is 28.6 Å². The van der Waals surface area contributed by atoms with Gasteiger partial charge in [-0.1, -0.05) is 25.4 Å². The number of hydrogen-bond donors (Lipinski definition) is 3. The largest absolute Gasteiger partial charge is 0.350 e. The molecule has 0 bridgehead atoms. The third kappa shape index (κ3) is 4.67. The molecular formula is C20H22ClN5O2. The second-order valence-corrected chi connectivity index (χ2v) is 7.46. The van der Waals surface area contributed by atoms with Gasteiger partial charge in [0.2, 0.25) is 5.95 Å². The second-order valence-electron chi connectivity index (χ2n) is 7.02. The minimum absolute atomic E-state index is 0.208. The molecule has 0 aliphatic carbocycles. The summed E-state index contributed by atoms with van der Waals surface area (Å²) >= 11 is 6.05. The average Bonchev–Trinajstić information content (AvgIpc) is 2.66. The van der Waals surface area contributed by atoms with E-state index in [1.807, 2.05) is 20.8 Å². The maximum absolute atomic E-state index is 12.4. The fourth-order valence-corrected chi connectivity index (χ4v) is 2.91. The number of anilines is 1. The Hall–Kier alpha value is -2.93. The van der Waals surface area contributed by atoms with E-state index < -0.39 is 0 Å². The van der Waals surface area contributed by atoms with Gasteiger partial charge >= 0.3 is 0 Å². The molecule has 0 aliphatic rings. The number of hydrogen-bond acceptors (Lipinski definition) is 5. The number of nitrogens with one attached hydrogen (secondary N) is 3. The summed E-state index contributed by atoms with van der Waals surface area (Å²) < 4.78 is 0. The standard InChI is InChI=1S/C20H22ClN5O2/c1-11(2)10-23-19(28)17-6-7-22-20(26-17)24-12(3)15-9-13-8-14(21)4-5-16(13)25-18(15)27/h4-9,11-12H,10H2,1-3H3,(H,23,28)(H,25,27)(H,22,24,26). The second kappa shape index (κ2) is 8.39. The lowest BCUT2D eigenvalue weighted by molar-refractivity contribution is 0.0944. The molecule has 2 heterocycles. The Morgan fingerprint density at radius 2 is 2.00 bits per heavy atom. The van der Waals surface area contributed by atoms with Crippen LogP contribution < -0.4 is 16.2 Å². The number of benzene rings is 1. The Morgan fingerprint density at radius 3 is 2.75 bits per heavy atom. The zero-order valence-corrected chi connectivity index (χ0v) is 16.7. The maximum Gasteiger partial charge on any atom is 0.270 e. The molecule has 8 heteroatoms. The van der Waals surface area contributed by atoms with Crippen LogP contribution in [0.3, 0.4) is 0 Å². The molecule has 146 valence electrons. The first-order valence-electron chi connectivity index (χ1n) is 9.03. The number of aromatic amines is 1. The molecule has 0 fully saturated rings. The van der Waals surface area contributed by atoms with Crippen LogP contribution in [0.4, 0.5) is 5.95 Å². The van der Waals surface area contributed by atoms with Gasteiger partial charge in [-0.05, 0) is 43.2 Å². The topological polar surface area (TPSA) is 99.8 Å². The Labute approximate surface area is 167 Å². The zero-order valence-electron chi connectivity index (χ0n) is 15.9. The van der Waals surface area contributed by atoms with E-state index in [1.165, 1.54) is 6.20 Å². The van der Waals surface area contributed by atoms with Crippen LogP contribution in [0.1, 0.15) is 42.9 Å². The van der Waals surface area contributed by atoms with Crippen LogP contribution in [0.2, 0.25) is 5.02 Å². The Bertz CT molecular complexity index is 1060. The predicted molar refractivity (Wildman–Crippen MR) is 111 cm³/mol. The molecular weight excluding hydrogens is 378 g/mol. The van der Waals surface area contributed by atoms with Crippen LogP contribution in [0.5, 0.6) is 0 Å². The van der Waals surface area contributed by atoms with E-state index in [-0.39, 0.29) is 29.2 Å². The van der Waals surface area contributed by atoms with Gasteiger partial charge in [0.1, 0.15) is 5.69 Å². The highest BCUT2D eigenvalue weighted by atomic mass is 35.5. The number of amides is 1. The number of nitrogens with zero attached hydrogens (tertiary/aromatic N) is 2. The minimum Gasteiger partial charge on any atom is -0.350 e. The molecule has 2 aromatic heterocycles. The molecule has 0 saturated heterocycles. The van der Waals surface area contributed by atoms with E-state index in [4.69, 9.17) is 11.6 Å². The van der Waals surface area contributed by atoms with Gasteiger partial charge in [-0.15, -0.1) is 0 Å². The number of aromatic nitrogens is 3. The van der Waals surface area contributed by atoms with Crippen LogP contribution in [0.15, 0.2) is 41.3 Å². The van der Waals surface area contributed by atoms with Crippen molar-refractivity contribution in [1.82, 2.24) is 20.3 Å². The van der Waals surface area contributed by atoms with Gasteiger partial charge < -0.3 is 15.6 Å². The van der Waals surface area contributed by atoms with E-state index in [0.717, 1.165) is 5.39 Å². The van der Waals surface area contributed by atoms with Crippen LogP contribution in [-0.2, 0) is 0 Å². The summed E-state index contributed by atoms with van der Waals surface area (Å²) in [6.45, 7) is 6.43. The van der Waals surface area contributed by atoms with Crippen molar-refractivity contribution in [3.8, 4) is 0 Å². The first-order chi connectivity index (χ1) is 13.3. The highest BCUT2D eigenvalue weighted by Crippen LogP contribution is 2.21. The molecule has 0 radical (unpaired) electrons. The fourth-order valence-electron chi connectivity index (χ4n) is 2.73. The number of carbonyl (C=O) groups excluding carboxylic acids is 1. The molecule has 0 spiro atoms. The lowest BCUT2D eigenvalue weighted by Gasteiger charge is -2.15. The summed E-state index contributed by atoms with van der Waals surface area (Å²) in [7, 11) is 0. The molecule has 1 atom stereocenters. The summed E-state index contributed by atoms with van der Waals surface area (Å²) in [5.74, 6) is 0.358. The third-order valence-corrected chi connectivity index (χ3v) is 4.44. The highest BCUT2D eigenvalue weighted by molar-refractivity contribution is 6.31. The van der Waals surface area contributed by atoms with Gasteiger partial charge in [0.25, 0.3) is 11.5 Å². The lowest BCUT2D eigenvalue weighted by Crippen LogP contribution is -2.28. The number of halogens is 1. The fraction of sp³-hybridized carbons (Fsp3) is 0.300. The number of rotatable bonds is 6. The molecule has 3 rings (SSSR count). The monoisotopic (exact) mass is 399 g/mol. The Morgan fingerprint density at radius 1 is 1.21 bits per heavy atom. The first kappa shape index (κ1) is 19.8. The summed E-state index contributed by atoms with van der Waals surface area (Å²) in [6.07, 6.45) is 1.51. The van der Waals surface area contributed by atoms with Crippen molar-refractivity contribution in [2.45, 2.75) is 26.8 Å². The third-order valence-electron chi connectivity index (χ3n) is 4.21. The first-order valence-corrected chi connectivity index (χ1v) is 9.41. The van der Waals surface area contributed by atoms with Gasteiger partial charge in [-0.3, -0.25) is 9.59 Å². The van der Waals surface area contributed by atoms with Gasteiger partial charge in [0.15, 0.2) is 0 Å². The smallest absolute Gasteiger partial charge is 0.270 e. The van der Waals surface area contributed by atoms with E-state index in [2.05, 4.69) is 25.6 Å². The zero-order chi connectivity index (χ0) is 20.3. The molecule has 0 aliphatic heterocycles. The van der Waals surface area contributed by atoms with Crippen LogP contribution in [-0.4, -0.2) is 27.4 Å². The van der Waals surface area contributed by atoms with Crippen LogP contribution in [0, 0.1) is 5.92 Å². The van der Waals surface area contributed by atoms with Crippen molar-refractivity contribution < 1.29 is 4.79 Å². The summed E-state index contributed by atoms with van der Waals surface area (Å²) in [5.41, 5.74) is 1.30. The van der Waals surface area contributed by atoms with Gasteiger partial charge in [-0.2, -0.15) is 0 Å². The maximum atomic E-state index is 12.4. The summed E-state index contributed by atoms with van der Waals surface area (Å²) in [5, 5.41) is 7.33. The van der Waals surface area contributed by atoms with Crippen molar-refractivity contribution in [3.05, 3.63) is 63.2 Å². The van der Waals surface area contributed by atoms with E-state index in [9.17, 15) is 9.59 Å². The SMILES string of the molecule is CC(C)CNC(=O)c1ccnc(NC(C)c2cc3cc(Cl)ccc3[nH]c2=O)n1. The van der Waals surface area contributed by atoms with Gasteiger partial charge in [0.05, 0.1) is 6.04 Å². The van der Waals surface area contributed by atoms with Crippen molar-refractivity contribution in [1.29, 1.82) is 0 Å². The van der Waals surface area contributed by atoms with Crippen molar-refractivity contribution in [2.24, 2.45) is 5.92 Å². The van der Waals surface area contributed by atoms with Crippen LogP contribution in [0.25, 0.3) is 10.9 Å². The summed E-state index contributed by atoms with van der Waals surface area (Å²) in [6, 6.07) is 8.25. The highest BCUT2D eigenvalue weighted by Gasteiger charge is 2.14. The molecule has 7 nitrogen and oxygen atoms in total. The van der Waals surface area contributed by atoms with Gasteiger partial charge in [-0.25, -0.2) is 9.97 Å². The molecule has 0 saturated carbocycles. The quantitative estimate of drug-likeness (QED) is 0.588. The van der Waals surface area contributed by atoms with Crippen molar-refractivity contribution >= 4 is 34.4 Å². The summed E-state index contributed by atoms with van der Waals surface area (Å²) in [4.78, 5) is 35.9. The molecule has 28 heavy (non-hydrogen) atoms. The number of pyridine rings is 1. The minimum atomic E-state index is -0.374. The van der Waals surface area contributed by atoms with E-state index >= 15 is 0 Å². The normalized spacial score (nSPS) is 12.2. The van der Waals surface area contributed by atoms with Gasteiger partial charge in [0, 0.05) is 34.2 Å². The Kier molecular flexibility index (Phi) is 5.94. The van der Waals surface area contributed by atoms with Crippen molar-refractivity contribution in [2.75, 3.05) is 11.9 Å². The lowest BCUT2D eigenvalue weighted by atomic mass is 10.1. The number of H-pyrrole nitrogens is 1. The molecule has 1 unspecified atom stereocenters. The average molecular weight is 400 g/mol. The Balaban J connectivity index is 1.81. The predicted octanol–water partition coefficient (Wildman–Crippen LogP) is 3.53. The van der Waals surface area contributed by atoms with Crippen molar-refractivity contribution in [3.63, 3.8) is 0 Å². The molecule has 3 N–H and O–H groups in total. The molecule has 3 aromatic rings. The molecule has 1 aromatic carbocycles. The number of carbonyl (C=O) groups is 1. The molecule has 1 amide bonds. The van der Waals surface area contributed by atoms with Crippen LogP contribution >= 0.6 is 11.6 Å².